The molecule has 0 aliphatic heterocycles. The summed E-state index contributed by atoms with van der Waals surface area (Å²) in [5.74, 6) is 1.61. The van der Waals surface area contributed by atoms with Gasteiger partial charge in [0.25, 0.3) is 5.91 Å². The van der Waals surface area contributed by atoms with Gasteiger partial charge in [-0.15, -0.1) is 0 Å². The van der Waals surface area contributed by atoms with Gasteiger partial charge in [0.05, 0.1) is 6.61 Å². The van der Waals surface area contributed by atoms with E-state index in [2.05, 4.69) is 33.0 Å². The summed E-state index contributed by atoms with van der Waals surface area (Å²) in [5, 5.41) is 2.99. The highest BCUT2D eigenvalue weighted by atomic mass is 16.5. The first-order valence-corrected chi connectivity index (χ1v) is 8.86. The predicted octanol–water partition coefficient (Wildman–Crippen LogP) is 4.81. The van der Waals surface area contributed by atoms with Gasteiger partial charge in [0.1, 0.15) is 11.4 Å². The summed E-state index contributed by atoms with van der Waals surface area (Å²) < 4.78 is 11.5. The molecule has 0 radical (unpaired) electrons. The largest absolute Gasteiger partial charge is 0.493 e. The van der Waals surface area contributed by atoms with E-state index >= 15 is 0 Å². The van der Waals surface area contributed by atoms with Crippen LogP contribution in [-0.2, 0) is 9.53 Å². The summed E-state index contributed by atoms with van der Waals surface area (Å²) in [6, 6.07) is 5.73. The van der Waals surface area contributed by atoms with Crippen LogP contribution in [0, 0.1) is 18.8 Å². The Balaban J connectivity index is 2.83. The third-order valence-corrected chi connectivity index (χ3v) is 3.75. The quantitative estimate of drug-likeness (QED) is 0.704. The molecule has 1 unspecified atom stereocenters. The maximum Gasteiger partial charge on any atom is 0.256 e. The highest BCUT2D eigenvalue weighted by molar-refractivity contribution is 5.97. The standard InChI is InChI=1S/C20H33NO3/c1-8-24-20(7,12-14(2)3)19(22)21-17-9-10-18(16(6)11-17)23-13-15(4)5/h9-11,14-15H,8,12-13H2,1-7H3,(H,21,22). The lowest BCUT2D eigenvalue weighted by Crippen LogP contribution is -2.44. The number of amides is 1. The second-order valence-corrected chi connectivity index (χ2v) is 7.40. The SMILES string of the molecule is CCOC(C)(CC(C)C)C(=O)Nc1ccc(OCC(C)C)c(C)c1. The van der Waals surface area contributed by atoms with Crippen LogP contribution in [0.15, 0.2) is 18.2 Å². The number of benzene rings is 1. The lowest BCUT2D eigenvalue weighted by Gasteiger charge is -2.30. The number of aryl methyl sites for hydroxylation is 1. The first-order chi connectivity index (χ1) is 11.2. The molecule has 1 rings (SSSR count). The molecule has 0 saturated carbocycles. The predicted molar refractivity (Wildman–Crippen MR) is 99.6 cm³/mol. The molecular formula is C20H33NO3. The molecule has 136 valence electrons. The van der Waals surface area contributed by atoms with E-state index in [9.17, 15) is 4.79 Å². The Morgan fingerprint density at radius 1 is 1.21 bits per heavy atom. The van der Waals surface area contributed by atoms with E-state index in [1.807, 2.05) is 39.0 Å². The van der Waals surface area contributed by atoms with Gasteiger partial charge in [0.15, 0.2) is 0 Å². The van der Waals surface area contributed by atoms with E-state index in [-0.39, 0.29) is 5.91 Å². The first-order valence-electron chi connectivity index (χ1n) is 8.86. The fourth-order valence-corrected chi connectivity index (χ4v) is 2.72. The zero-order valence-corrected chi connectivity index (χ0v) is 16.2. The topological polar surface area (TPSA) is 47.6 Å². The van der Waals surface area contributed by atoms with Crippen LogP contribution in [0.3, 0.4) is 0 Å². The van der Waals surface area contributed by atoms with Gasteiger partial charge in [-0.2, -0.15) is 0 Å². The first kappa shape index (κ1) is 20.5. The average molecular weight is 335 g/mol. The van der Waals surface area contributed by atoms with Crippen molar-refractivity contribution in [1.82, 2.24) is 0 Å². The van der Waals surface area contributed by atoms with Crippen molar-refractivity contribution >= 4 is 11.6 Å². The molecule has 4 nitrogen and oxygen atoms in total. The number of nitrogens with one attached hydrogen (secondary N) is 1. The van der Waals surface area contributed by atoms with Gasteiger partial charge < -0.3 is 14.8 Å². The van der Waals surface area contributed by atoms with Crippen molar-refractivity contribution in [3.8, 4) is 5.75 Å². The van der Waals surface area contributed by atoms with E-state index < -0.39 is 5.60 Å². The van der Waals surface area contributed by atoms with E-state index in [4.69, 9.17) is 9.47 Å². The van der Waals surface area contributed by atoms with Crippen molar-refractivity contribution in [3.05, 3.63) is 23.8 Å². The lowest BCUT2D eigenvalue weighted by molar-refractivity contribution is -0.140. The fraction of sp³-hybridized carbons (Fsp3) is 0.650. The maximum absolute atomic E-state index is 12.7. The summed E-state index contributed by atoms with van der Waals surface area (Å²) in [5.41, 5.74) is 0.961. The Kier molecular flexibility index (Phi) is 7.74. The number of anilines is 1. The van der Waals surface area contributed by atoms with E-state index in [0.717, 1.165) is 17.0 Å². The highest BCUT2D eigenvalue weighted by Gasteiger charge is 2.34. The van der Waals surface area contributed by atoms with Gasteiger partial charge in [-0.05, 0) is 62.8 Å². The van der Waals surface area contributed by atoms with Crippen LogP contribution in [0.1, 0.15) is 53.5 Å². The van der Waals surface area contributed by atoms with Crippen molar-refractivity contribution in [1.29, 1.82) is 0 Å². The van der Waals surface area contributed by atoms with Crippen molar-refractivity contribution in [2.75, 3.05) is 18.5 Å². The van der Waals surface area contributed by atoms with E-state index in [1.165, 1.54) is 0 Å². The van der Waals surface area contributed by atoms with Crippen LogP contribution in [0.25, 0.3) is 0 Å². The number of hydrogen-bond acceptors (Lipinski definition) is 3. The molecule has 0 spiro atoms. The van der Waals surface area contributed by atoms with Gasteiger partial charge in [0.2, 0.25) is 0 Å². The highest BCUT2D eigenvalue weighted by Crippen LogP contribution is 2.26. The molecule has 1 aromatic carbocycles. The van der Waals surface area contributed by atoms with Crippen LogP contribution >= 0.6 is 0 Å². The summed E-state index contributed by atoms with van der Waals surface area (Å²) in [6.07, 6.45) is 0.682. The number of carbonyl (C=O) groups excluding carboxylic acids is 1. The van der Waals surface area contributed by atoms with Gasteiger partial charge >= 0.3 is 0 Å². The molecular weight excluding hydrogens is 302 g/mol. The number of ether oxygens (including phenoxy) is 2. The normalized spacial score (nSPS) is 13.9. The zero-order valence-electron chi connectivity index (χ0n) is 16.2. The van der Waals surface area contributed by atoms with Gasteiger partial charge in [-0.3, -0.25) is 4.79 Å². The molecule has 0 fully saturated rings. The number of hydrogen-bond donors (Lipinski definition) is 1. The fourth-order valence-electron chi connectivity index (χ4n) is 2.72. The Bertz CT molecular complexity index is 540. The minimum Gasteiger partial charge on any atom is -0.493 e. The maximum atomic E-state index is 12.7. The molecule has 1 aromatic rings. The van der Waals surface area contributed by atoms with Crippen molar-refractivity contribution in [3.63, 3.8) is 0 Å². The third-order valence-electron chi connectivity index (χ3n) is 3.75. The van der Waals surface area contributed by atoms with Crippen molar-refractivity contribution < 1.29 is 14.3 Å². The molecule has 0 aliphatic carbocycles. The molecule has 0 aliphatic rings. The zero-order chi connectivity index (χ0) is 18.3. The van der Waals surface area contributed by atoms with Gasteiger partial charge in [0, 0.05) is 12.3 Å². The molecule has 1 atom stereocenters. The molecule has 0 aromatic heterocycles. The van der Waals surface area contributed by atoms with E-state index in [0.29, 0.717) is 31.5 Å². The Morgan fingerprint density at radius 3 is 2.38 bits per heavy atom. The van der Waals surface area contributed by atoms with Crippen LogP contribution in [0.5, 0.6) is 5.75 Å². The Hall–Kier alpha value is -1.55. The summed E-state index contributed by atoms with van der Waals surface area (Å²) in [7, 11) is 0. The molecule has 4 heteroatoms. The summed E-state index contributed by atoms with van der Waals surface area (Å²) in [6.45, 7) is 15.4. The minimum absolute atomic E-state index is 0.103. The minimum atomic E-state index is -0.816. The van der Waals surface area contributed by atoms with E-state index in [1.54, 1.807) is 0 Å². The Labute approximate surface area is 146 Å². The molecule has 1 N–H and O–H groups in total. The molecule has 0 saturated heterocycles. The smallest absolute Gasteiger partial charge is 0.256 e. The second kappa shape index (κ2) is 9.07. The number of rotatable bonds is 9. The van der Waals surface area contributed by atoms with Crippen molar-refractivity contribution in [2.24, 2.45) is 11.8 Å². The Morgan fingerprint density at radius 2 is 1.88 bits per heavy atom. The van der Waals surface area contributed by atoms with Crippen molar-refractivity contribution in [2.45, 2.75) is 60.5 Å². The van der Waals surface area contributed by atoms with Crippen LogP contribution in [0.4, 0.5) is 5.69 Å². The lowest BCUT2D eigenvalue weighted by atomic mass is 9.93. The average Bonchev–Trinajstić information content (AvgIpc) is 2.45. The molecule has 0 bridgehead atoms. The van der Waals surface area contributed by atoms with Crippen LogP contribution in [0.2, 0.25) is 0 Å². The monoisotopic (exact) mass is 335 g/mol. The van der Waals surface area contributed by atoms with Gasteiger partial charge in [-0.1, -0.05) is 27.7 Å². The van der Waals surface area contributed by atoms with Crippen LogP contribution in [-0.4, -0.2) is 24.7 Å². The molecule has 1 amide bonds. The summed E-state index contributed by atoms with van der Waals surface area (Å²) in [4.78, 5) is 12.7. The molecule has 0 heterocycles. The third kappa shape index (κ3) is 6.16. The second-order valence-electron chi connectivity index (χ2n) is 7.40. The van der Waals surface area contributed by atoms with Crippen LogP contribution < -0.4 is 10.1 Å². The number of carbonyl (C=O) groups is 1. The molecule has 24 heavy (non-hydrogen) atoms. The summed E-state index contributed by atoms with van der Waals surface area (Å²) >= 11 is 0. The van der Waals surface area contributed by atoms with Gasteiger partial charge in [-0.25, -0.2) is 0 Å².